The van der Waals surface area contributed by atoms with Crippen molar-refractivity contribution in [1.29, 1.82) is 0 Å². The van der Waals surface area contributed by atoms with Crippen molar-refractivity contribution < 1.29 is 29.3 Å². The number of ether oxygens (including phenoxy) is 2. The molecule has 0 aliphatic carbocycles. The molecule has 2 aromatic rings. The molecular weight excluding hydrogens is 334 g/mol. The average Bonchev–Trinajstić information content (AvgIpc) is 2.57. The van der Waals surface area contributed by atoms with Gasteiger partial charge in [-0.3, -0.25) is 4.79 Å². The number of hydrogen-bond acceptors (Lipinski definition) is 7. The Bertz CT molecular complexity index is 934. The van der Waals surface area contributed by atoms with E-state index < -0.39 is 34.4 Å². The van der Waals surface area contributed by atoms with Crippen LogP contribution in [0, 0.1) is 0 Å². The van der Waals surface area contributed by atoms with Gasteiger partial charge in [-0.15, -0.1) is 0 Å². The minimum Gasteiger partial charge on any atom is -0.493 e. The largest absolute Gasteiger partial charge is 0.493 e. The molecule has 1 heterocycles. The van der Waals surface area contributed by atoms with Crippen LogP contribution in [-0.2, 0) is 0 Å². The first-order valence-electron chi connectivity index (χ1n) is 6.77. The van der Waals surface area contributed by atoms with E-state index in [1.807, 2.05) is 0 Å². The Morgan fingerprint density at radius 1 is 1.04 bits per heavy atom. The fourth-order valence-corrected chi connectivity index (χ4v) is 2.41. The van der Waals surface area contributed by atoms with Gasteiger partial charge in [0.05, 0.1) is 14.2 Å². The van der Waals surface area contributed by atoms with Crippen molar-refractivity contribution >= 4 is 17.8 Å². The number of nitrogens with two attached hydrogens (primary N) is 2. The van der Waals surface area contributed by atoms with E-state index in [9.17, 15) is 24.6 Å². The number of nitrogen functional groups attached to an aromatic ring is 2. The molecule has 6 N–H and O–H groups in total. The first-order valence-corrected chi connectivity index (χ1v) is 6.77. The molecule has 1 aromatic carbocycles. The van der Waals surface area contributed by atoms with Crippen LogP contribution in [0.2, 0.25) is 0 Å². The minimum atomic E-state index is -1.64. The molecule has 0 amide bonds. The predicted molar refractivity (Wildman–Crippen MR) is 87.7 cm³/mol. The summed E-state index contributed by atoms with van der Waals surface area (Å²) in [4.78, 5) is 35.4. The second-order valence-electron chi connectivity index (χ2n) is 4.87. The van der Waals surface area contributed by atoms with Crippen LogP contribution in [0.25, 0.3) is 11.1 Å². The number of anilines is 1. The normalized spacial score (nSPS) is 10.3. The van der Waals surface area contributed by atoms with Gasteiger partial charge in [0.2, 0.25) is 0 Å². The Kier molecular flexibility index (Phi) is 4.54. The fraction of sp³-hybridized carbons (Fsp3) is 0.133. The summed E-state index contributed by atoms with van der Waals surface area (Å²) < 4.78 is 10.5. The molecule has 0 saturated heterocycles. The van der Waals surface area contributed by atoms with Crippen molar-refractivity contribution in [3.8, 4) is 22.6 Å². The molecule has 0 aliphatic rings. The molecule has 0 unspecified atom stereocenters. The number of hydrogen-bond donors (Lipinski definition) is 4. The van der Waals surface area contributed by atoms with Gasteiger partial charge >= 0.3 is 11.9 Å². The molecule has 2 rings (SSSR count). The molecule has 1 aromatic heterocycles. The summed E-state index contributed by atoms with van der Waals surface area (Å²) in [5.41, 5.74) is 2.79. The number of benzene rings is 1. The third-order valence-electron chi connectivity index (χ3n) is 3.55. The summed E-state index contributed by atoms with van der Waals surface area (Å²) in [6.45, 7) is 0. The number of methoxy groups -OCH3 is 2. The lowest BCUT2D eigenvalue weighted by Gasteiger charge is -2.16. The lowest BCUT2D eigenvalue weighted by molar-refractivity contribution is 0.0695. The molecule has 132 valence electrons. The van der Waals surface area contributed by atoms with Gasteiger partial charge in [0.15, 0.2) is 11.5 Å². The van der Waals surface area contributed by atoms with E-state index in [1.165, 1.54) is 32.4 Å². The molecule has 0 radical (unpaired) electrons. The maximum atomic E-state index is 12.2. The van der Waals surface area contributed by atoms with Gasteiger partial charge in [-0.05, 0) is 17.7 Å². The first-order chi connectivity index (χ1) is 11.7. The zero-order chi connectivity index (χ0) is 18.9. The lowest BCUT2D eigenvalue weighted by atomic mass is 9.95. The van der Waals surface area contributed by atoms with Gasteiger partial charge in [0.25, 0.3) is 5.56 Å². The van der Waals surface area contributed by atoms with Crippen LogP contribution in [0.15, 0.2) is 23.0 Å². The van der Waals surface area contributed by atoms with Crippen molar-refractivity contribution in [3.05, 3.63) is 39.7 Å². The van der Waals surface area contributed by atoms with Crippen LogP contribution in [0.1, 0.15) is 20.7 Å². The van der Waals surface area contributed by atoms with Crippen LogP contribution in [-0.4, -0.2) is 41.0 Å². The van der Waals surface area contributed by atoms with Crippen molar-refractivity contribution in [2.45, 2.75) is 0 Å². The van der Waals surface area contributed by atoms with Crippen LogP contribution in [0.3, 0.4) is 0 Å². The monoisotopic (exact) mass is 349 g/mol. The summed E-state index contributed by atoms with van der Waals surface area (Å²) in [5, 5.41) is 18.9. The van der Waals surface area contributed by atoms with Gasteiger partial charge in [-0.1, -0.05) is 6.07 Å². The molecular formula is C15H15N3O7. The van der Waals surface area contributed by atoms with Crippen LogP contribution >= 0.6 is 0 Å². The van der Waals surface area contributed by atoms with E-state index >= 15 is 0 Å². The molecule has 0 saturated carbocycles. The second kappa shape index (κ2) is 6.43. The summed E-state index contributed by atoms with van der Waals surface area (Å²) in [7, 11) is 2.75. The number of aromatic carboxylic acids is 2. The highest BCUT2D eigenvalue weighted by atomic mass is 16.5. The molecule has 25 heavy (non-hydrogen) atoms. The number of aromatic nitrogens is 1. The molecule has 10 nitrogen and oxygen atoms in total. The quantitative estimate of drug-likeness (QED) is 0.552. The molecule has 0 spiro atoms. The number of rotatable bonds is 5. The van der Waals surface area contributed by atoms with Crippen LogP contribution < -0.4 is 26.6 Å². The van der Waals surface area contributed by atoms with E-state index in [-0.39, 0.29) is 21.6 Å². The average molecular weight is 349 g/mol. The van der Waals surface area contributed by atoms with Crippen molar-refractivity contribution in [1.82, 2.24) is 4.68 Å². The van der Waals surface area contributed by atoms with Gasteiger partial charge in [-0.2, -0.15) is 0 Å². The maximum Gasteiger partial charge on any atom is 0.342 e. The van der Waals surface area contributed by atoms with Gasteiger partial charge in [0.1, 0.15) is 16.9 Å². The third kappa shape index (κ3) is 2.80. The summed E-state index contributed by atoms with van der Waals surface area (Å²) in [6, 6.07) is 4.16. The third-order valence-corrected chi connectivity index (χ3v) is 3.55. The van der Waals surface area contributed by atoms with E-state index in [2.05, 4.69) is 0 Å². The Hall–Kier alpha value is -3.69. The number of nitrogens with zero attached hydrogens (tertiary/aromatic N) is 1. The number of carboxylic acid groups (broad SMARTS) is 2. The Balaban J connectivity index is 3.00. The summed E-state index contributed by atoms with van der Waals surface area (Å²) in [5.74, 6) is 2.20. The highest BCUT2D eigenvalue weighted by Gasteiger charge is 2.29. The highest BCUT2D eigenvalue weighted by Crippen LogP contribution is 2.36. The van der Waals surface area contributed by atoms with E-state index in [1.54, 1.807) is 0 Å². The number of carboxylic acids is 2. The van der Waals surface area contributed by atoms with Crippen molar-refractivity contribution in [2.24, 2.45) is 0 Å². The smallest absolute Gasteiger partial charge is 0.342 e. The molecule has 10 heteroatoms. The van der Waals surface area contributed by atoms with Gasteiger partial charge < -0.3 is 31.3 Å². The van der Waals surface area contributed by atoms with Crippen LogP contribution in [0.5, 0.6) is 11.5 Å². The molecule has 0 bridgehead atoms. The van der Waals surface area contributed by atoms with Gasteiger partial charge in [-0.25, -0.2) is 14.3 Å². The predicted octanol–water partition coefficient (Wildman–Crippen LogP) is 0.225. The van der Waals surface area contributed by atoms with E-state index in [0.29, 0.717) is 5.75 Å². The molecule has 0 aliphatic heterocycles. The number of carbonyl (C=O) groups is 2. The Labute approximate surface area is 140 Å². The van der Waals surface area contributed by atoms with Crippen molar-refractivity contribution in [2.75, 3.05) is 25.8 Å². The fourth-order valence-electron chi connectivity index (χ4n) is 2.41. The Morgan fingerprint density at radius 3 is 2.08 bits per heavy atom. The molecule has 0 atom stereocenters. The minimum absolute atomic E-state index is 0.0943. The summed E-state index contributed by atoms with van der Waals surface area (Å²) >= 11 is 0. The topological polar surface area (TPSA) is 167 Å². The lowest BCUT2D eigenvalue weighted by Crippen LogP contribution is -2.36. The SMILES string of the molecule is COc1ccc(-c2c(C(=O)O)c(N)n(N)c(=O)c2C(=O)O)cc1OC. The Morgan fingerprint density at radius 2 is 1.60 bits per heavy atom. The summed E-state index contributed by atoms with van der Waals surface area (Å²) in [6.07, 6.45) is 0. The van der Waals surface area contributed by atoms with E-state index in [4.69, 9.17) is 21.1 Å². The van der Waals surface area contributed by atoms with Crippen molar-refractivity contribution in [3.63, 3.8) is 0 Å². The van der Waals surface area contributed by atoms with Crippen LogP contribution in [0.4, 0.5) is 5.82 Å². The zero-order valence-electron chi connectivity index (χ0n) is 13.3. The number of pyridine rings is 1. The van der Waals surface area contributed by atoms with Gasteiger partial charge in [0, 0.05) is 5.56 Å². The second-order valence-corrected chi connectivity index (χ2v) is 4.87. The highest BCUT2D eigenvalue weighted by molar-refractivity contribution is 6.07. The molecule has 0 fully saturated rings. The first kappa shape index (κ1) is 17.7. The zero-order valence-corrected chi connectivity index (χ0v) is 13.3. The maximum absolute atomic E-state index is 12.2. The van der Waals surface area contributed by atoms with E-state index in [0.717, 1.165) is 0 Å². The standard InChI is InChI=1S/C15H15N3O7/c1-24-7-4-3-6(5-8(7)25-2)9-10(14(20)21)12(16)18(17)13(19)11(9)15(22)23/h3-5H,16-17H2,1-2H3,(H,20,21)(H,22,23).